The number of fused-ring (bicyclic) bond motifs is 4. The van der Waals surface area contributed by atoms with Crippen molar-refractivity contribution in [2.45, 2.75) is 0 Å². The Hall–Kier alpha value is -2.85. The molecule has 0 atom stereocenters. The van der Waals surface area contributed by atoms with Gasteiger partial charge in [-0.2, -0.15) is 0 Å². The molecule has 0 saturated heterocycles. The number of hydrogen-bond acceptors (Lipinski definition) is 4. The van der Waals surface area contributed by atoms with Gasteiger partial charge in [0.2, 0.25) is 0 Å². The fourth-order valence-corrected chi connectivity index (χ4v) is 3.87. The third kappa shape index (κ3) is 1.99. The summed E-state index contributed by atoms with van der Waals surface area (Å²) in [6, 6.07) is 16.5. The van der Waals surface area contributed by atoms with Crippen LogP contribution in [0, 0.1) is 0 Å². The Labute approximate surface area is 136 Å². The summed E-state index contributed by atoms with van der Waals surface area (Å²) in [6.45, 7) is 0. The molecule has 0 aliphatic carbocycles. The van der Waals surface area contributed by atoms with Crippen LogP contribution >= 0.6 is 11.3 Å². The van der Waals surface area contributed by atoms with E-state index in [-0.39, 0.29) is 0 Å². The van der Waals surface area contributed by atoms with E-state index in [1.807, 2.05) is 42.9 Å². The molecule has 0 fully saturated rings. The molecule has 0 amide bonds. The maximum atomic E-state index is 4.85. The van der Waals surface area contributed by atoms with Gasteiger partial charge in [0.25, 0.3) is 0 Å². The van der Waals surface area contributed by atoms with Crippen molar-refractivity contribution >= 4 is 42.4 Å². The molecule has 0 saturated carbocycles. The van der Waals surface area contributed by atoms with Crippen LogP contribution in [0.4, 0.5) is 0 Å². The topological polar surface area (TPSA) is 38.7 Å². The van der Waals surface area contributed by atoms with Crippen LogP contribution in [0.15, 0.2) is 67.1 Å². The van der Waals surface area contributed by atoms with Crippen LogP contribution in [-0.2, 0) is 0 Å². The molecule has 0 radical (unpaired) electrons. The standard InChI is InChI=1S/C19H11N3S/c1-2-4-13-10-21-16(9-12(13)3-1)15-5-6-18-19(22-15)14-11-20-8-7-17(14)23-18/h1-11H. The van der Waals surface area contributed by atoms with Crippen molar-refractivity contribution in [3.63, 3.8) is 0 Å². The fourth-order valence-electron chi connectivity index (χ4n) is 2.85. The van der Waals surface area contributed by atoms with E-state index in [9.17, 15) is 0 Å². The minimum absolute atomic E-state index is 0.895. The largest absolute Gasteiger partial charge is 0.264 e. The Balaban J connectivity index is 1.76. The number of benzene rings is 1. The Morgan fingerprint density at radius 3 is 2.65 bits per heavy atom. The molecule has 4 aromatic heterocycles. The molecule has 5 aromatic rings. The molecule has 0 aliphatic rings. The van der Waals surface area contributed by atoms with E-state index < -0.39 is 0 Å². The Kier molecular flexibility index (Phi) is 2.66. The van der Waals surface area contributed by atoms with Gasteiger partial charge in [-0.15, -0.1) is 11.3 Å². The number of hydrogen-bond donors (Lipinski definition) is 0. The smallest absolute Gasteiger partial charge is 0.0912 e. The number of thiophene rings is 1. The molecule has 0 aliphatic heterocycles. The van der Waals surface area contributed by atoms with Crippen molar-refractivity contribution in [3.8, 4) is 11.4 Å². The second kappa shape index (κ2) is 4.83. The predicted octanol–water partition coefficient (Wildman–Crippen LogP) is 5.06. The summed E-state index contributed by atoms with van der Waals surface area (Å²) < 4.78 is 2.39. The number of rotatable bonds is 1. The van der Waals surface area contributed by atoms with Crippen molar-refractivity contribution in [2.75, 3.05) is 0 Å². The van der Waals surface area contributed by atoms with E-state index in [0.29, 0.717) is 0 Å². The normalized spacial score (nSPS) is 11.5. The van der Waals surface area contributed by atoms with Crippen molar-refractivity contribution in [3.05, 3.63) is 67.1 Å². The van der Waals surface area contributed by atoms with Crippen molar-refractivity contribution in [1.82, 2.24) is 15.0 Å². The van der Waals surface area contributed by atoms with Gasteiger partial charge in [0.05, 0.1) is 21.6 Å². The Bertz CT molecular complexity index is 1180. The van der Waals surface area contributed by atoms with Crippen LogP contribution in [0.3, 0.4) is 0 Å². The maximum Gasteiger partial charge on any atom is 0.0912 e. The summed E-state index contributed by atoms with van der Waals surface area (Å²) >= 11 is 1.75. The van der Waals surface area contributed by atoms with Gasteiger partial charge in [0.15, 0.2) is 0 Å². The summed E-state index contributed by atoms with van der Waals surface area (Å²) in [5, 5.41) is 3.42. The lowest BCUT2D eigenvalue weighted by atomic mass is 10.1. The first-order valence-electron chi connectivity index (χ1n) is 7.37. The lowest BCUT2D eigenvalue weighted by Crippen LogP contribution is -1.87. The molecule has 0 spiro atoms. The van der Waals surface area contributed by atoms with Crippen LogP contribution in [0.5, 0.6) is 0 Å². The van der Waals surface area contributed by atoms with Gasteiger partial charge >= 0.3 is 0 Å². The van der Waals surface area contributed by atoms with Gasteiger partial charge < -0.3 is 0 Å². The molecule has 23 heavy (non-hydrogen) atoms. The van der Waals surface area contributed by atoms with E-state index in [4.69, 9.17) is 4.98 Å². The van der Waals surface area contributed by atoms with Crippen LogP contribution < -0.4 is 0 Å². The molecule has 0 bridgehead atoms. The molecule has 4 heteroatoms. The van der Waals surface area contributed by atoms with Crippen LogP contribution in [0.1, 0.15) is 0 Å². The van der Waals surface area contributed by atoms with E-state index in [2.05, 4.69) is 34.2 Å². The first-order chi connectivity index (χ1) is 11.4. The highest BCUT2D eigenvalue weighted by Crippen LogP contribution is 2.33. The van der Waals surface area contributed by atoms with Gasteiger partial charge in [0, 0.05) is 34.1 Å². The molecular weight excluding hydrogens is 302 g/mol. The molecule has 4 heterocycles. The third-order valence-corrected chi connectivity index (χ3v) is 5.13. The molecule has 5 rings (SSSR count). The summed E-state index contributed by atoms with van der Waals surface area (Å²) in [5.74, 6) is 0. The second-order valence-electron chi connectivity index (χ2n) is 5.43. The zero-order valence-corrected chi connectivity index (χ0v) is 12.9. The average Bonchev–Trinajstić information content (AvgIpc) is 2.99. The SMILES string of the molecule is c1ccc2cc(-c3ccc4sc5ccncc5c4n3)ncc2c1. The summed E-state index contributed by atoms with van der Waals surface area (Å²) in [4.78, 5) is 13.7. The first-order valence-corrected chi connectivity index (χ1v) is 8.18. The van der Waals surface area contributed by atoms with Crippen molar-refractivity contribution < 1.29 is 0 Å². The number of nitrogens with zero attached hydrogens (tertiary/aromatic N) is 3. The highest BCUT2D eigenvalue weighted by Gasteiger charge is 2.09. The van der Waals surface area contributed by atoms with E-state index in [0.717, 1.165) is 27.7 Å². The van der Waals surface area contributed by atoms with Crippen LogP contribution in [-0.4, -0.2) is 15.0 Å². The molecule has 108 valence electrons. The van der Waals surface area contributed by atoms with E-state index in [1.54, 1.807) is 11.3 Å². The summed E-state index contributed by atoms with van der Waals surface area (Å²) in [6.07, 6.45) is 5.62. The van der Waals surface area contributed by atoms with Crippen LogP contribution in [0.2, 0.25) is 0 Å². The number of aromatic nitrogens is 3. The van der Waals surface area contributed by atoms with Gasteiger partial charge in [0.1, 0.15) is 0 Å². The fraction of sp³-hybridized carbons (Fsp3) is 0. The zero-order valence-electron chi connectivity index (χ0n) is 12.1. The highest BCUT2D eigenvalue weighted by molar-refractivity contribution is 7.25. The second-order valence-corrected chi connectivity index (χ2v) is 6.52. The summed E-state index contributed by atoms with van der Waals surface area (Å²) in [7, 11) is 0. The highest BCUT2D eigenvalue weighted by atomic mass is 32.1. The van der Waals surface area contributed by atoms with Gasteiger partial charge in [-0.1, -0.05) is 24.3 Å². The molecule has 1 aromatic carbocycles. The third-order valence-electron chi connectivity index (χ3n) is 4.01. The Morgan fingerprint density at radius 2 is 1.70 bits per heavy atom. The molecule has 0 unspecified atom stereocenters. The van der Waals surface area contributed by atoms with Crippen LogP contribution in [0.25, 0.3) is 42.5 Å². The van der Waals surface area contributed by atoms with Crippen molar-refractivity contribution in [1.29, 1.82) is 0 Å². The summed E-state index contributed by atoms with van der Waals surface area (Å²) in [5.41, 5.74) is 2.80. The van der Waals surface area contributed by atoms with E-state index >= 15 is 0 Å². The molecular formula is C19H11N3S. The van der Waals surface area contributed by atoms with Gasteiger partial charge in [-0.3, -0.25) is 9.97 Å². The lowest BCUT2D eigenvalue weighted by molar-refractivity contribution is 1.30. The zero-order chi connectivity index (χ0) is 15.2. The molecule has 3 nitrogen and oxygen atoms in total. The maximum absolute atomic E-state index is 4.85. The first kappa shape index (κ1) is 12.7. The minimum Gasteiger partial charge on any atom is -0.264 e. The number of pyridine rings is 3. The van der Waals surface area contributed by atoms with Gasteiger partial charge in [-0.05, 0) is 29.7 Å². The average molecular weight is 313 g/mol. The lowest BCUT2D eigenvalue weighted by Gasteiger charge is -2.03. The quantitative estimate of drug-likeness (QED) is 0.434. The minimum atomic E-state index is 0.895. The predicted molar refractivity (Wildman–Crippen MR) is 95.7 cm³/mol. The molecule has 0 N–H and O–H groups in total. The monoisotopic (exact) mass is 313 g/mol. The van der Waals surface area contributed by atoms with Gasteiger partial charge in [-0.25, -0.2) is 4.98 Å². The van der Waals surface area contributed by atoms with Crippen molar-refractivity contribution in [2.24, 2.45) is 0 Å². The Morgan fingerprint density at radius 1 is 0.783 bits per heavy atom. The van der Waals surface area contributed by atoms with E-state index in [1.165, 1.54) is 14.8 Å².